The molecular weight excluding hydrogens is 332 g/mol. The largest absolute Gasteiger partial charge is 0.611 e. The topological polar surface area (TPSA) is 78.2 Å². The predicted molar refractivity (Wildman–Crippen MR) is 104 cm³/mol. The number of nitrogens with two attached hydrogens (primary N) is 1. The minimum atomic E-state index is -1.14. The number of hydrogen-bond donors (Lipinski definition) is 2. The summed E-state index contributed by atoms with van der Waals surface area (Å²) < 4.78 is 12.4. The number of amides is 1. The fourth-order valence-electron chi connectivity index (χ4n) is 2.43. The van der Waals surface area contributed by atoms with E-state index in [0.29, 0.717) is 17.9 Å². The van der Waals surface area contributed by atoms with Crippen LogP contribution in [0.15, 0.2) is 59.5 Å². The Balaban J connectivity index is 1.80. The SMILES string of the molecule is CCCCc1ccc([S+]([O-])CCC(N)C(=O)Nc2ccccc2)cc1. The maximum Gasteiger partial charge on any atom is 0.241 e. The molecule has 0 spiro atoms. The van der Waals surface area contributed by atoms with Crippen LogP contribution < -0.4 is 11.1 Å². The van der Waals surface area contributed by atoms with Crippen LogP contribution in [0.2, 0.25) is 0 Å². The summed E-state index contributed by atoms with van der Waals surface area (Å²) >= 11 is -1.14. The van der Waals surface area contributed by atoms with Crippen LogP contribution in [-0.2, 0) is 22.4 Å². The first-order chi connectivity index (χ1) is 12.1. The van der Waals surface area contributed by atoms with Crippen molar-refractivity contribution in [2.75, 3.05) is 11.1 Å². The van der Waals surface area contributed by atoms with E-state index in [1.807, 2.05) is 54.6 Å². The van der Waals surface area contributed by atoms with Crippen molar-refractivity contribution in [2.45, 2.75) is 43.5 Å². The van der Waals surface area contributed by atoms with Crippen molar-refractivity contribution in [1.82, 2.24) is 0 Å². The van der Waals surface area contributed by atoms with Gasteiger partial charge in [0.05, 0.1) is 6.04 Å². The molecule has 0 fully saturated rings. The van der Waals surface area contributed by atoms with Gasteiger partial charge in [0.15, 0.2) is 4.90 Å². The number of aryl methyl sites for hydroxylation is 1. The highest BCUT2D eigenvalue weighted by atomic mass is 32.2. The number of carbonyl (C=O) groups excluding carboxylic acids is 1. The van der Waals surface area contributed by atoms with Gasteiger partial charge in [-0.3, -0.25) is 4.79 Å². The van der Waals surface area contributed by atoms with Gasteiger partial charge in [0.25, 0.3) is 0 Å². The normalized spacial score (nSPS) is 13.2. The monoisotopic (exact) mass is 358 g/mol. The maximum atomic E-state index is 12.4. The molecule has 3 N–H and O–H groups in total. The molecule has 134 valence electrons. The van der Waals surface area contributed by atoms with Crippen molar-refractivity contribution in [3.63, 3.8) is 0 Å². The standard InChI is InChI=1S/C20H26N2O2S/c1-2-3-7-16-10-12-18(13-11-16)25(24)15-14-19(21)20(23)22-17-8-5-4-6-9-17/h4-6,8-13,19H,2-3,7,14-15,21H2,1H3,(H,22,23). The summed E-state index contributed by atoms with van der Waals surface area (Å²) in [4.78, 5) is 12.9. The van der Waals surface area contributed by atoms with Crippen LogP contribution in [0.5, 0.6) is 0 Å². The Morgan fingerprint density at radius 1 is 1.16 bits per heavy atom. The molecule has 0 aliphatic rings. The minimum Gasteiger partial charge on any atom is -0.611 e. The number of para-hydroxylation sites is 1. The molecule has 0 radical (unpaired) electrons. The van der Waals surface area contributed by atoms with Crippen LogP contribution in [0.25, 0.3) is 0 Å². The highest BCUT2D eigenvalue weighted by Crippen LogP contribution is 2.15. The maximum absolute atomic E-state index is 12.4. The number of nitrogens with one attached hydrogen (secondary N) is 1. The van der Waals surface area contributed by atoms with E-state index in [-0.39, 0.29) is 5.91 Å². The van der Waals surface area contributed by atoms with Gasteiger partial charge in [-0.15, -0.1) is 0 Å². The second kappa shape index (κ2) is 10.2. The molecule has 0 heterocycles. The van der Waals surface area contributed by atoms with Crippen LogP contribution in [0.1, 0.15) is 31.7 Å². The van der Waals surface area contributed by atoms with Gasteiger partial charge in [-0.05, 0) is 53.8 Å². The first-order valence-corrected chi connectivity index (χ1v) is 10.0. The molecule has 5 heteroatoms. The van der Waals surface area contributed by atoms with Crippen molar-refractivity contribution in [3.8, 4) is 0 Å². The number of hydrogen-bond acceptors (Lipinski definition) is 3. The summed E-state index contributed by atoms with van der Waals surface area (Å²) in [5, 5.41) is 2.77. The van der Waals surface area contributed by atoms with Crippen molar-refractivity contribution in [3.05, 3.63) is 60.2 Å². The lowest BCUT2D eigenvalue weighted by Gasteiger charge is -2.15. The van der Waals surface area contributed by atoms with Gasteiger partial charge in [0, 0.05) is 12.1 Å². The molecule has 1 amide bonds. The van der Waals surface area contributed by atoms with Gasteiger partial charge < -0.3 is 15.6 Å². The molecule has 2 aromatic rings. The third kappa shape index (κ3) is 6.53. The van der Waals surface area contributed by atoms with E-state index in [0.717, 1.165) is 24.2 Å². The van der Waals surface area contributed by atoms with Crippen molar-refractivity contribution < 1.29 is 9.35 Å². The van der Waals surface area contributed by atoms with Gasteiger partial charge in [-0.2, -0.15) is 0 Å². The highest BCUT2D eigenvalue weighted by Gasteiger charge is 2.18. The molecule has 4 nitrogen and oxygen atoms in total. The number of carbonyl (C=O) groups is 1. The Labute approximate surface area is 153 Å². The summed E-state index contributed by atoms with van der Waals surface area (Å²) in [6.07, 6.45) is 3.75. The zero-order chi connectivity index (χ0) is 18.1. The smallest absolute Gasteiger partial charge is 0.241 e. The Kier molecular flexibility index (Phi) is 7.98. The summed E-state index contributed by atoms with van der Waals surface area (Å²) in [5.74, 6) is 0.121. The van der Waals surface area contributed by atoms with E-state index in [1.165, 1.54) is 5.56 Å². The molecule has 0 aromatic heterocycles. The molecule has 0 saturated carbocycles. The van der Waals surface area contributed by atoms with Crippen molar-refractivity contribution in [2.24, 2.45) is 5.73 Å². The molecule has 2 rings (SSSR count). The lowest BCUT2D eigenvalue weighted by atomic mass is 10.1. The van der Waals surface area contributed by atoms with Crippen LogP contribution in [-0.4, -0.2) is 22.3 Å². The summed E-state index contributed by atoms with van der Waals surface area (Å²) in [6, 6.07) is 16.4. The molecule has 0 saturated heterocycles. The summed E-state index contributed by atoms with van der Waals surface area (Å²) in [5.41, 5.74) is 7.90. The van der Waals surface area contributed by atoms with E-state index in [1.54, 1.807) is 0 Å². The second-order valence-electron chi connectivity index (χ2n) is 6.05. The number of rotatable bonds is 9. The Bertz CT molecular complexity index is 647. The van der Waals surface area contributed by atoms with Gasteiger partial charge in [0.1, 0.15) is 5.75 Å². The first kappa shape index (κ1) is 19.5. The van der Waals surface area contributed by atoms with Crippen LogP contribution >= 0.6 is 0 Å². The second-order valence-corrected chi connectivity index (χ2v) is 7.62. The molecule has 0 aliphatic carbocycles. The number of unbranched alkanes of at least 4 members (excludes halogenated alkanes) is 1. The molecule has 0 aliphatic heterocycles. The van der Waals surface area contributed by atoms with Crippen molar-refractivity contribution >= 4 is 22.8 Å². The fourth-order valence-corrected chi connectivity index (χ4v) is 3.57. The van der Waals surface area contributed by atoms with E-state index >= 15 is 0 Å². The minimum absolute atomic E-state index is 0.252. The molecule has 0 bridgehead atoms. The Hall–Kier alpha value is -1.82. The van der Waals surface area contributed by atoms with Crippen LogP contribution in [0.3, 0.4) is 0 Å². The fraction of sp³-hybridized carbons (Fsp3) is 0.350. The third-order valence-corrected chi connectivity index (χ3v) is 5.40. The van der Waals surface area contributed by atoms with E-state index in [2.05, 4.69) is 12.2 Å². The number of anilines is 1. The summed E-state index contributed by atoms with van der Waals surface area (Å²) in [7, 11) is 0. The van der Waals surface area contributed by atoms with Gasteiger partial charge in [-0.25, -0.2) is 0 Å². The van der Waals surface area contributed by atoms with E-state index in [9.17, 15) is 9.35 Å². The average molecular weight is 359 g/mol. The average Bonchev–Trinajstić information content (AvgIpc) is 2.65. The van der Waals surface area contributed by atoms with E-state index < -0.39 is 17.2 Å². The molecule has 2 atom stereocenters. The Morgan fingerprint density at radius 3 is 2.48 bits per heavy atom. The third-order valence-electron chi connectivity index (χ3n) is 4.00. The Morgan fingerprint density at radius 2 is 1.84 bits per heavy atom. The molecular formula is C20H26N2O2S. The van der Waals surface area contributed by atoms with Crippen molar-refractivity contribution in [1.29, 1.82) is 0 Å². The summed E-state index contributed by atoms with van der Waals surface area (Å²) in [6.45, 7) is 2.17. The molecule has 25 heavy (non-hydrogen) atoms. The van der Waals surface area contributed by atoms with Gasteiger partial charge in [-0.1, -0.05) is 43.7 Å². The highest BCUT2D eigenvalue weighted by molar-refractivity contribution is 7.91. The van der Waals surface area contributed by atoms with Crippen LogP contribution in [0.4, 0.5) is 5.69 Å². The number of benzene rings is 2. The van der Waals surface area contributed by atoms with Gasteiger partial charge >= 0.3 is 0 Å². The lowest BCUT2D eigenvalue weighted by Crippen LogP contribution is -2.37. The zero-order valence-electron chi connectivity index (χ0n) is 14.6. The predicted octanol–water partition coefficient (Wildman–Crippen LogP) is 3.49. The lowest BCUT2D eigenvalue weighted by molar-refractivity contribution is -0.117. The van der Waals surface area contributed by atoms with E-state index in [4.69, 9.17) is 5.73 Å². The van der Waals surface area contributed by atoms with Crippen LogP contribution in [0, 0.1) is 0 Å². The quantitative estimate of drug-likeness (QED) is 0.674. The zero-order valence-corrected chi connectivity index (χ0v) is 15.4. The first-order valence-electron chi connectivity index (χ1n) is 8.69. The van der Waals surface area contributed by atoms with Gasteiger partial charge in [0.2, 0.25) is 5.91 Å². The molecule has 2 unspecified atom stereocenters. The molecule has 2 aromatic carbocycles.